The highest BCUT2D eigenvalue weighted by molar-refractivity contribution is 6.09. The fourth-order valence-corrected chi connectivity index (χ4v) is 4.65. The van der Waals surface area contributed by atoms with E-state index in [1.54, 1.807) is 0 Å². The molecule has 4 heteroatoms. The van der Waals surface area contributed by atoms with Crippen molar-refractivity contribution in [3.05, 3.63) is 127 Å². The number of anilines is 1. The average molecular weight is 559 g/mol. The molecule has 0 atom stereocenters. The second-order valence-corrected chi connectivity index (χ2v) is 9.81. The Balaban J connectivity index is 0.000000627. The molecule has 0 fully saturated rings. The van der Waals surface area contributed by atoms with Gasteiger partial charge in [0.25, 0.3) is 0 Å². The highest BCUT2D eigenvalue weighted by Crippen LogP contribution is 2.33. The molecule has 5 aromatic rings. The van der Waals surface area contributed by atoms with Gasteiger partial charge in [-0.25, -0.2) is 0 Å². The Morgan fingerprint density at radius 1 is 0.714 bits per heavy atom. The predicted molar refractivity (Wildman–Crippen MR) is 188 cm³/mol. The van der Waals surface area contributed by atoms with Gasteiger partial charge >= 0.3 is 0 Å². The van der Waals surface area contributed by atoms with E-state index in [-0.39, 0.29) is 0 Å². The molecule has 0 saturated carbocycles. The van der Waals surface area contributed by atoms with E-state index in [0.717, 1.165) is 18.8 Å². The van der Waals surface area contributed by atoms with E-state index in [1.165, 1.54) is 49.6 Å². The molecule has 1 heterocycles. The van der Waals surface area contributed by atoms with Crippen molar-refractivity contribution in [1.29, 1.82) is 0 Å². The molecular weight excluding hydrogens is 512 g/mol. The zero-order valence-corrected chi connectivity index (χ0v) is 26.0. The first-order valence-corrected chi connectivity index (χ1v) is 14.7. The van der Waals surface area contributed by atoms with Crippen molar-refractivity contribution in [3.8, 4) is 11.1 Å². The number of hydrogen-bond donors (Lipinski definition) is 3. The summed E-state index contributed by atoms with van der Waals surface area (Å²) in [4.78, 5) is 0. The Labute approximate surface area is 252 Å². The second-order valence-electron chi connectivity index (χ2n) is 9.81. The summed E-state index contributed by atoms with van der Waals surface area (Å²) in [6.07, 6.45) is 10.2. The van der Waals surface area contributed by atoms with E-state index in [1.807, 2.05) is 40.2 Å². The van der Waals surface area contributed by atoms with Crippen molar-refractivity contribution in [2.24, 2.45) is 7.05 Å². The maximum absolute atomic E-state index is 3.49. The third-order valence-electron chi connectivity index (χ3n) is 6.85. The second kappa shape index (κ2) is 16.7. The molecule has 0 radical (unpaired) electrons. The van der Waals surface area contributed by atoms with Crippen LogP contribution in [0.1, 0.15) is 30.5 Å². The summed E-state index contributed by atoms with van der Waals surface area (Å²) >= 11 is 0. The molecule has 0 amide bonds. The number of likely N-dealkylation sites (N-methyl/N-ethyl adjacent to an activating group) is 1. The molecular formula is C38H46N4. The highest BCUT2D eigenvalue weighted by atomic mass is 14.9. The number of benzene rings is 4. The maximum atomic E-state index is 3.49. The van der Waals surface area contributed by atoms with E-state index in [9.17, 15) is 0 Å². The molecule has 1 aromatic heterocycles. The predicted octanol–water partition coefficient (Wildman–Crippen LogP) is 9.04. The number of aromatic nitrogens is 1. The van der Waals surface area contributed by atoms with Crippen LogP contribution in [0.4, 0.5) is 5.69 Å². The molecule has 3 N–H and O–H groups in total. The van der Waals surface area contributed by atoms with Gasteiger partial charge in [0, 0.05) is 54.7 Å². The van der Waals surface area contributed by atoms with Crippen LogP contribution in [-0.4, -0.2) is 31.8 Å². The fourth-order valence-electron chi connectivity index (χ4n) is 4.65. The molecule has 0 aliphatic rings. The minimum Gasteiger partial charge on any atom is -0.394 e. The van der Waals surface area contributed by atoms with Gasteiger partial charge < -0.3 is 20.5 Å². The first kappa shape index (κ1) is 32.0. The average Bonchev–Trinajstić information content (AvgIpc) is 3.31. The smallest absolute Gasteiger partial charge is 0.0494 e. The van der Waals surface area contributed by atoms with Gasteiger partial charge in [-0.15, -0.1) is 6.58 Å². The summed E-state index contributed by atoms with van der Waals surface area (Å²) in [5.74, 6) is 0. The zero-order valence-electron chi connectivity index (χ0n) is 26.0. The Morgan fingerprint density at radius 3 is 1.93 bits per heavy atom. The summed E-state index contributed by atoms with van der Waals surface area (Å²) in [5, 5.41) is 11.9. The van der Waals surface area contributed by atoms with Crippen LogP contribution in [-0.2, 0) is 7.05 Å². The first-order valence-electron chi connectivity index (χ1n) is 14.7. The van der Waals surface area contributed by atoms with Gasteiger partial charge in [0.15, 0.2) is 0 Å². The van der Waals surface area contributed by atoms with E-state index >= 15 is 0 Å². The normalized spacial score (nSPS) is 10.8. The van der Waals surface area contributed by atoms with Gasteiger partial charge in [-0.2, -0.15) is 0 Å². The Bertz CT molecular complexity index is 1600. The first-order chi connectivity index (χ1) is 20.5. The number of nitrogens with one attached hydrogen (secondary N) is 3. The quantitative estimate of drug-likeness (QED) is 0.125. The summed E-state index contributed by atoms with van der Waals surface area (Å²) in [5.41, 5.74) is 9.76. The van der Waals surface area contributed by atoms with Crippen molar-refractivity contribution in [2.45, 2.75) is 20.8 Å². The Morgan fingerprint density at radius 2 is 1.31 bits per heavy atom. The van der Waals surface area contributed by atoms with E-state index < -0.39 is 0 Å². The van der Waals surface area contributed by atoms with Crippen LogP contribution < -0.4 is 16.0 Å². The van der Waals surface area contributed by atoms with Crippen LogP contribution in [0.25, 0.3) is 45.1 Å². The van der Waals surface area contributed by atoms with Crippen molar-refractivity contribution in [3.63, 3.8) is 0 Å². The summed E-state index contributed by atoms with van der Waals surface area (Å²) < 4.78 is 2.31. The summed E-state index contributed by atoms with van der Waals surface area (Å²) in [6.45, 7) is 11.3. The summed E-state index contributed by atoms with van der Waals surface area (Å²) in [6, 6.07) is 30.8. The standard InChI is InChI=1S/C32H31N3.C4H9N.C2H6/c1-23-5-7-24(8-6-23)9-10-25-11-17-29-30-18-14-27(22-32(30)35(3)31(29)21-25)26-12-15-28(16-13-26)34-20-4-19-33-2;1-3-4-5-2;1-2/h4-19,21-22,33-34H,20H2,1-3H3;3,5H,1,4H2,2H3;1-2H3/b10-9+,19-4-;;. The number of nitrogens with zero attached hydrogens (tertiary/aromatic N) is 1. The molecule has 4 aromatic carbocycles. The van der Waals surface area contributed by atoms with Crippen LogP contribution in [0.5, 0.6) is 0 Å². The SMILES string of the molecule is C=CCNC.CC.CN/C=C\CNc1ccc(-c2ccc3c4ccc(/C=C/c5ccc(C)cc5)cc4n(C)c3c2)cc1. The third-order valence-corrected chi connectivity index (χ3v) is 6.85. The molecule has 42 heavy (non-hydrogen) atoms. The number of rotatable bonds is 9. The summed E-state index contributed by atoms with van der Waals surface area (Å²) in [7, 11) is 5.95. The molecule has 0 bridgehead atoms. The fraction of sp³-hybridized carbons (Fsp3) is 0.211. The lowest BCUT2D eigenvalue weighted by Crippen LogP contribution is -2.02. The number of aryl methyl sites for hydroxylation is 2. The van der Waals surface area contributed by atoms with Crippen LogP contribution in [0.15, 0.2) is 110 Å². The zero-order chi connectivity index (χ0) is 30.3. The maximum Gasteiger partial charge on any atom is 0.0494 e. The molecule has 0 saturated heterocycles. The van der Waals surface area contributed by atoms with Crippen LogP contribution in [0.3, 0.4) is 0 Å². The molecule has 0 aliphatic carbocycles. The van der Waals surface area contributed by atoms with Crippen LogP contribution in [0, 0.1) is 6.92 Å². The van der Waals surface area contributed by atoms with Gasteiger partial charge in [0.05, 0.1) is 0 Å². The van der Waals surface area contributed by atoms with E-state index in [0.29, 0.717) is 0 Å². The molecule has 0 aliphatic heterocycles. The molecule has 0 spiro atoms. The van der Waals surface area contributed by atoms with Gasteiger partial charge in [-0.3, -0.25) is 0 Å². The van der Waals surface area contributed by atoms with Crippen molar-refractivity contribution < 1.29 is 0 Å². The minimum absolute atomic E-state index is 0.796. The van der Waals surface area contributed by atoms with Crippen LogP contribution in [0.2, 0.25) is 0 Å². The number of hydrogen-bond acceptors (Lipinski definition) is 3. The van der Waals surface area contributed by atoms with Crippen molar-refractivity contribution in [1.82, 2.24) is 15.2 Å². The number of fused-ring (bicyclic) bond motifs is 3. The lowest BCUT2D eigenvalue weighted by Gasteiger charge is -2.07. The lowest BCUT2D eigenvalue weighted by molar-refractivity contribution is 0.921. The molecule has 5 rings (SSSR count). The Kier molecular flexibility index (Phi) is 12.7. The lowest BCUT2D eigenvalue weighted by atomic mass is 10.0. The minimum atomic E-state index is 0.796. The van der Waals surface area contributed by atoms with Gasteiger partial charge in [-0.1, -0.05) is 98.3 Å². The monoisotopic (exact) mass is 558 g/mol. The van der Waals surface area contributed by atoms with Gasteiger partial charge in [0.2, 0.25) is 0 Å². The van der Waals surface area contributed by atoms with Gasteiger partial charge in [0.1, 0.15) is 0 Å². The third kappa shape index (κ3) is 8.48. The molecule has 4 nitrogen and oxygen atoms in total. The topological polar surface area (TPSA) is 41.0 Å². The van der Waals surface area contributed by atoms with Crippen LogP contribution >= 0.6 is 0 Å². The molecule has 0 unspecified atom stereocenters. The largest absolute Gasteiger partial charge is 0.394 e. The Hall–Kier alpha value is -4.54. The van der Waals surface area contributed by atoms with E-state index in [2.05, 4.69) is 144 Å². The van der Waals surface area contributed by atoms with Crippen molar-refractivity contribution in [2.75, 3.05) is 32.5 Å². The van der Waals surface area contributed by atoms with Gasteiger partial charge in [-0.05, 0) is 72.8 Å². The molecule has 218 valence electrons. The highest BCUT2D eigenvalue weighted by Gasteiger charge is 2.10. The van der Waals surface area contributed by atoms with Crippen molar-refractivity contribution >= 4 is 39.6 Å². The van der Waals surface area contributed by atoms with E-state index in [4.69, 9.17) is 0 Å².